The lowest BCUT2D eigenvalue weighted by Gasteiger charge is -2.59. The maximum atomic E-state index is 14.4. The van der Waals surface area contributed by atoms with Gasteiger partial charge in [-0.05, 0) is 62.5 Å². The van der Waals surface area contributed by atoms with Crippen molar-refractivity contribution in [1.82, 2.24) is 5.32 Å². The molecule has 4 fully saturated rings. The number of ether oxygens (including phenoxy) is 6. The molecule has 0 radical (unpaired) electrons. The predicted molar refractivity (Wildman–Crippen MR) is 233 cm³/mol. The van der Waals surface area contributed by atoms with Gasteiger partial charge in [-0.2, -0.15) is 4.31 Å². The topological polar surface area (TPSA) is 241 Å². The highest BCUT2D eigenvalue weighted by Gasteiger charge is 2.76. The summed E-state index contributed by atoms with van der Waals surface area (Å²) in [5.74, 6) is -1.42. The van der Waals surface area contributed by atoms with Crippen LogP contribution in [0.5, 0.6) is 0 Å². The van der Waals surface area contributed by atoms with E-state index < -0.39 is 69.6 Å². The third-order valence-corrected chi connectivity index (χ3v) is 16.2. The minimum atomic E-state index is -5.35. The van der Waals surface area contributed by atoms with Crippen LogP contribution in [0.2, 0.25) is 0 Å². The molecule has 0 aromatic rings. The summed E-state index contributed by atoms with van der Waals surface area (Å²) in [6.07, 6.45) is 12.8. The smallest absolute Gasteiger partial charge is 0.393 e. The second-order valence-electron chi connectivity index (χ2n) is 17.8. The summed E-state index contributed by atoms with van der Waals surface area (Å²) in [5, 5.41) is 14.6. The van der Waals surface area contributed by atoms with E-state index in [0.717, 1.165) is 31.3 Å². The van der Waals surface area contributed by atoms with Gasteiger partial charge in [-0.25, -0.2) is 9.13 Å². The van der Waals surface area contributed by atoms with Crippen molar-refractivity contribution in [2.45, 2.75) is 129 Å². The van der Waals surface area contributed by atoms with Crippen LogP contribution in [0.15, 0.2) is 36.5 Å². The van der Waals surface area contributed by atoms with Crippen LogP contribution in [-0.4, -0.2) is 129 Å². The SMILES string of the molecule is C=CC(CCCCCC)OCC(=O)NCCOCCOCCOCCOP(=O)(O)OP(=O)(O)OCC(=O)[C@@]12OC(CCC)O[C@@H]1C[C@H]1[C@@H]3CCC4=CC(=O)C=C[C@]4(C)[C@H]3[C@@H](O)C[C@@]12C. The fourth-order valence-corrected chi connectivity index (χ4v) is 12.7. The van der Waals surface area contributed by atoms with Crippen LogP contribution < -0.4 is 5.32 Å². The molecule has 5 rings (SSSR count). The van der Waals surface area contributed by atoms with Crippen molar-refractivity contribution < 1.29 is 80.2 Å². The Morgan fingerprint density at radius 1 is 0.969 bits per heavy atom. The third-order valence-electron chi connectivity index (χ3n) is 13.6. The summed E-state index contributed by atoms with van der Waals surface area (Å²) in [5.41, 5.74) is -2.17. The molecule has 18 nitrogen and oxygen atoms in total. The van der Waals surface area contributed by atoms with E-state index in [9.17, 15) is 38.4 Å². The van der Waals surface area contributed by atoms with Crippen molar-refractivity contribution in [3.63, 3.8) is 0 Å². The largest absolute Gasteiger partial charge is 0.481 e. The van der Waals surface area contributed by atoms with Crippen LogP contribution in [0, 0.1) is 28.6 Å². The Morgan fingerprint density at radius 3 is 2.34 bits per heavy atom. The minimum Gasteiger partial charge on any atom is -0.393 e. The molecule has 0 aromatic heterocycles. The number of unbranched alkanes of at least 4 members (excludes halogenated alkanes) is 3. The van der Waals surface area contributed by atoms with E-state index in [0.29, 0.717) is 38.6 Å². The molecule has 4 aliphatic carbocycles. The molecular formula is C44H71NO17P2. The van der Waals surface area contributed by atoms with Crippen LogP contribution in [0.4, 0.5) is 0 Å². The Kier molecular flexibility index (Phi) is 19.7. The summed E-state index contributed by atoms with van der Waals surface area (Å²) >= 11 is 0. The number of amides is 1. The van der Waals surface area contributed by atoms with E-state index >= 15 is 0 Å². The molecule has 0 aromatic carbocycles. The lowest BCUT2D eigenvalue weighted by atomic mass is 9.46. The number of aliphatic hydroxyl groups is 1. The van der Waals surface area contributed by atoms with Crippen LogP contribution in [-0.2, 0) is 65.3 Å². The second-order valence-corrected chi connectivity index (χ2v) is 20.9. The Balaban J connectivity index is 0.991. The number of phosphoric acid groups is 2. The van der Waals surface area contributed by atoms with E-state index in [1.807, 2.05) is 26.8 Å². The van der Waals surface area contributed by atoms with Gasteiger partial charge in [0.05, 0.1) is 64.6 Å². The van der Waals surface area contributed by atoms with Crippen molar-refractivity contribution >= 4 is 33.1 Å². The molecule has 3 saturated carbocycles. The zero-order valence-electron chi connectivity index (χ0n) is 37.9. The second kappa shape index (κ2) is 23.8. The van der Waals surface area contributed by atoms with E-state index in [2.05, 4.69) is 23.1 Å². The van der Waals surface area contributed by atoms with Gasteiger partial charge >= 0.3 is 15.6 Å². The first-order valence-corrected chi connectivity index (χ1v) is 25.8. The van der Waals surface area contributed by atoms with E-state index in [1.54, 1.807) is 18.2 Å². The number of phosphoric ester groups is 2. The molecule has 5 aliphatic rings. The Hall–Kier alpha value is -1.99. The monoisotopic (exact) mass is 947 g/mol. The van der Waals surface area contributed by atoms with Crippen molar-refractivity contribution in [2.24, 2.45) is 28.6 Å². The highest BCUT2D eigenvalue weighted by molar-refractivity contribution is 7.61. The predicted octanol–water partition coefficient (Wildman–Crippen LogP) is 5.68. The van der Waals surface area contributed by atoms with Crippen LogP contribution in [0.3, 0.4) is 0 Å². The number of nitrogens with one attached hydrogen (secondary N) is 1. The number of aliphatic hydroxyl groups excluding tert-OH is 1. The van der Waals surface area contributed by atoms with Gasteiger partial charge in [-0.15, -0.1) is 6.58 Å². The van der Waals surface area contributed by atoms with Crippen molar-refractivity contribution in [3.05, 3.63) is 36.5 Å². The van der Waals surface area contributed by atoms with Crippen LogP contribution in [0.1, 0.15) is 98.3 Å². The number of fused-ring (bicyclic) bond motifs is 7. The summed E-state index contributed by atoms with van der Waals surface area (Å²) in [7, 11) is -10.5. The number of rotatable bonds is 30. The zero-order chi connectivity index (χ0) is 46.6. The summed E-state index contributed by atoms with van der Waals surface area (Å²) in [6, 6.07) is 0. The molecule has 64 heavy (non-hydrogen) atoms. The molecule has 4 N–H and O–H groups in total. The maximum Gasteiger partial charge on any atom is 0.481 e. The average Bonchev–Trinajstić information content (AvgIpc) is 3.72. The van der Waals surface area contributed by atoms with Gasteiger partial charge < -0.3 is 48.6 Å². The Bertz CT molecular complexity index is 1760. The fourth-order valence-electron chi connectivity index (χ4n) is 10.7. The lowest BCUT2D eigenvalue weighted by Crippen LogP contribution is -2.63. The molecule has 1 heterocycles. The average molecular weight is 948 g/mol. The first-order valence-electron chi connectivity index (χ1n) is 22.8. The molecule has 1 amide bonds. The van der Waals surface area contributed by atoms with Crippen molar-refractivity contribution in [3.8, 4) is 0 Å². The van der Waals surface area contributed by atoms with Crippen LogP contribution in [0.25, 0.3) is 0 Å². The summed E-state index contributed by atoms with van der Waals surface area (Å²) in [6.45, 7) is 11.5. The van der Waals surface area contributed by atoms with Crippen LogP contribution >= 0.6 is 15.6 Å². The molecule has 0 spiro atoms. The lowest BCUT2D eigenvalue weighted by molar-refractivity contribution is -0.200. The molecule has 0 bridgehead atoms. The van der Waals surface area contributed by atoms with Gasteiger partial charge in [-0.1, -0.05) is 77.5 Å². The van der Waals surface area contributed by atoms with Gasteiger partial charge in [0, 0.05) is 23.3 Å². The number of carbonyl (C=O) groups is 3. The maximum absolute atomic E-state index is 14.4. The first kappa shape index (κ1) is 53.0. The van der Waals surface area contributed by atoms with E-state index in [1.165, 1.54) is 6.42 Å². The molecule has 364 valence electrons. The number of ketones is 2. The molecule has 12 atom stereocenters. The number of hydrogen-bond donors (Lipinski definition) is 4. The number of allylic oxidation sites excluding steroid dienone is 4. The molecule has 1 aliphatic heterocycles. The first-order chi connectivity index (χ1) is 30.4. The Labute approximate surface area is 377 Å². The molecule has 4 unspecified atom stereocenters. The number of Topliss-reactive ketones (excluding diaryl/α,β-unsaturated/α-hetero) is 1. The summed E-state index contributed by atoms with van der Waals surface area (Å²) < 4.78 is 74.6. The van der Waals surface area contributed by atoms with Gasteiger partial charge in [-0.3, -0.25) is 23.4 Å². The van der Waals surface area contributed by atoms with Gasteiger partial charge in [0.25, 0.3) is 0 Å². The fraction of sp³-hybridized carbons (Fsp3) is 0.795. The van der Waals surface area contributed by atoms with Crippen molar-refractivity contribution in [1.29, 1.82) is 0 Å². The van der Waals surface area contributed by atoms with Gasteiger partial charge in [0.1, 0.15) is 13.2 Å². The highest BCUT2D eigenvalue weighted by Crippen LogP contribution is 2.70. The van der Waals surface area contributed by atoms with Gasteiger partial charge in [0.2, 0.25) is 5.91 Å². The quantitative estimate of drug-likeness (QED) is 0.0385. The highest BCUT2D eigenvalue weighted by atomic mass is 31.3. The van der Waals surface area contributed by atoms with Crippen molar-refractivity contribution in [2.75, 3.05) is 66.0 Å². The minimum absolute atomic E-state index is 0.0480. The number of carbonyl (C=O) groups excluding carboxylic acids is 3. The Morgan fingerprint density at radius 2 is 1.66 bits per heavy atom. The normalized spacial score (nSPS) is 32.9. The van der Waals surface area contributed by atoms with Gasteiger partial charge in [0.15, 0.2) is 23.5 Å². The third kappa shape index (κ3) is 13.0. The standard InChI is InChI=1S/C44H71NO17P2/c1-6-9-10-11-13-33(8-3)57-30-39(49)45-18-19-54-20-21-55-22-23-56-24-25-58-63(50,51)62-64(52,53)59-29-37(48)44-38(60-40(61-44)12-7-2)27-35-34-15-14-31-26-32(46)16-17-42(31,4)41(34)36(47)28-43(35,44)5/h8,16-17,26,33-36,38,40-41,47H,3,6-7,9-15,18-25,27-30H2,1-2,4-5H3,(H,45,49)(H,50,51)(H,52,53)/t33?,34-,35-,36-,38+,40?,41+,42-,43-,44+/m0/s1. The zero-order valence-corrected chi connectivity index (χ0v) is 39.6. The molecular weight excluding hydrogens is 876 g/mol. The molecule has 20 heteroatoms. The van der Waals surface area contributed by atoms with E-state index in [4.69, 9.17) is 37.5 Å². The molecule has 1 saturated heterocycles. The summed E-state index contributed by atoms with van der Waals surface area (Å²) in [4.78, 5) is 59.4. The van der Waals surface area contributed by atoms with E-state index in [-0.39, 0.29) is 88.2 Å². The number of hydrogen-bond acceptors (Lipinski definition) is 15.